The topological polar surface area (TPSA) is 22.1 Å². The molecule has 1 aromatic heterocycles. The predicted octanol–water partition coefficient (Wildman–Crippen LogP) is 4.93. The van der Waals surface area contributed by atoms with Crippen LogP contribution in [0, 0.1) is 5.92 Å². The maximum Gasteiger partial charge on any atom is 0.222 e. The Bertz CT molecular complexity index is 621. The standard InChI is InChI=1S/C18H21NO/c1-4-12(2)13(3)14-7-8-17-16(10-14)11-15-6-5-9-19-18(15)20-17/h5-10,12-13H,4,11H2,1-3H3. The normalized spacial score (nSPS) is 15.8. The molecule has 1 aliphatic rings. The van der Waals surface area contributed by atoms with Crippen molar-refractivity contribution < 1.29 is 4.74 Å². The highest BCUT2D eigenvalue weighted by Gasteiger charge is 2.20. The molecule has 2 unspecified atom stereocenters. The summed E-state index contributed by atoms with van der Waals surface area (Å²) in [4.78, 5) is 4.29. The van der Waals surface area contributed by atoms with Crippen LogP contribution in [0.5, 0.6) is 11.6 Å². The largest absolute Gasteiger partial charge is 0.438 e. The van der Waals surface area contributed by atoms with Crippen LogP contribution in [0.1, 0.15) is 49.8 Å². The molecule has 1 aromatic carbocycles. The van der Waals surface area contributed by atoms with Gasteiger partial charge in [0.15, 0.2) is 0 Å². The van der Waals surface area contributed by atoms with E-state index in [9.17, 15) is 0 Å². The van der Waals surface area contributed by atoms with E-state index in [0.717, 1.165) is 18.1 Å². The molecule has 0 aliphatic carbocycles. The highest BCUT2D eigenvalue weighted by atomic mass is 16.5. The lowest BCUT2D eigenvalue weighted by Crippen LogP contribution is -2.08. The van der Waals surface area contributed by atoms with E-state index in [-0.39, 0.29) is 0 Å². The quantitative estimate of drug-likeness (QED) is 0.671. The third-order valence-corrected chi connectivity index (χ3v) is 4.55. The number of hydrogen-bond donors (Lipinski definition) is 0. The maximum atomic E-state index is 5.89. The Morgan fingerprint density at radius 3 is 2.85 bits per heavy atom. The molecule has 1 aliphatic heterocycles. The first-order valence-corrected chi connectivity index (χ1v) is 7.43. The van der Waals surface area contributed by atoms with Gasteiger partial charge in [-0.2, -0.15) is 0 Å². The number of nitrogens with zero attached hydrogens (tertiary/aromatic N) is 1. The first-order valence-electron chi connectivity index (χ1n) is 7.43. The monoisotopic (exact) mass is 267 g/mol. The molecule has 0 saturated carbocycles. The van der Waals surface area contributed by atoms with Crippen molar-refractivity contribution in [1.29, 1.82) is 0 Å². The fourth-order valence-electron chi connectivity index (χ4n) is 2.76. The first kappa shape index (κ1) is 13.2. The van der Waals surface area contributed by atoms with Gasteiger partial charge in [0.2, 0.25) is 5.88 Å². The van der Waals surface area contributed by atoms with Gasteiger partial charge in [-0.1, -0.05) is 45.4 Å². The lowest BCUT2D eigenvalue weighted by molar-refractivity contribution is 0.438. The van der Waals surface area contributed by atoms with Gasteiger partial charge >= 0.3 is 0 Å². The van der Waals surface area contributed by atoms with E-state index in [1.165, 1.54) is 23.1 Å². The Morgan fingerprint density at radius 1 is 1.20 bits per heavy atom. The van der Waals surface area contributed by atoms with Crippen molar-refractivity contribution in [3.05, 3.63) is 53.2 Å². The second-order valence-corrected chi connectivity index (χ2v) is 5.79. The van der Waals surface area contributed by atoms with Crippen molar-refractivity contribution in [2.45, 2.75) is 39.5 Å². The van der Waals surface area contributed by atoms with Gasteiger partial charge in [-0.15, -0.1) is 0 Å². The van der Waals surface area contributed by atoms with Crippen LogP contribution in [-0.4, -0.2) is 4.98 Å². The second-order valence-electron chi connectivity index (χ2n) is 5.79. The minimum Gasteiger partial charge on any atom is -0.438 e. The van der Waals surface area contributed by atoms with Gasteiger partial charge in [0.05, 0.1) is 0 Å². The van der Waals surface area contributed by atoms with E-state index in [1.54, 1.807) is 6.20 Å². The zero-order valence-electron chi connectivity index (χ0n) is 12.4. The van der Waals surface area contributed by atoms with Crippen LogP contribution in [0.15, 0.2) is 36.5 Å². The molecule has 0 spiro atoms. The predicted molar refractivity (Wildman–Crippen MR) is 81.4 cm³/mol. The molecular formula is C18H21NO. The van der Waals surface area contributed by atoms with Gasteiger partial charge in [0.25, 0.3) is 0 Å². The Hall–Kier alpha value is -1.83. The number of pyridine rings is 1. The summed E-state index contributed by atoms with van der Waals surface area (Å²) in [5.41, 5.74) is 3.86. The summed E-state index contributed by atoms with van der Waals surface area (Å²) in [6, 6.07) is 10.7. The van der Waals surface area contributed by atoms with E-state index in [2.05, 4.69) is 50.0 Å². The van der Waals surface area contributed by atoms with Gasteiger partial charge in [0, 0.05) is 18.2 Å². The summed E-state index contributed by atoms with van der Waals surface area (Å²) in [6.45, 7) is 6.89. The average Bonchev–Trinajstić information content (AvgIpc) is 2.50. The average molecular weight is 267 g/mol. The van der Waals surface area contributed by atoms with Crippen molar-refractivity contribution in [2.24, 2.45) is 5.92 Å². The molecule has 0 radical (unpaired) electrons. The van der Waals surface area contributed by atoms with Crippen molar-refractivity contribution in [2.75, 3.05) is 0 Å². The third kappa shape index (κ3) is 2.31. The van der Waals surface area contributed by atoms with Crippen molar-refractivity contribution in [1.82, 2.24) is 4.98 Å². The third-order valence-electron chi connectivity index (χ3n) is 4.55. The molecular weight excluding hydrogens is 246 g/mol. The number of rotatable bonds is 3. The number of hydrogen-bond acceptors (Lipinski definition) is 2. The van der Waals surface area contributed by atoms with Gasteiger partial charge in [0.1, 0.15) is 5.75 Å². The zero-order chi connectivity index (χ0) is 14.1. The van der Waals surface area contributed by atoms with Crippen molar-refractivity contribution >= 4 is 0 Å². The number of benzene rings is 1. The van der Waals surface area contributed by atoms with Gasteiger partial charge in [-0.3, -0.25) is 0 Å². The van der Waals surface area contributed by atoms with Crippen molar-refractivity contribution in [3.63, 3.8) is 0 Å². The lowest BCUT2D eigenvalue weighted by Gasteiger charge is -2.23. The second kappa shape index (κ2) is 5.28. The Morgan fingerprint density at radius 2 is 2.05 bits per heavy atom. The molecule has 2 aromatic rings. The molecule has 0 fully saturated rings. The molecule has 104 valence electrons. The lowest BCUT2D eigenvalue weighted by atomic mass is 9.86. The highest BCUT2D eigenvalue weighted by Crippen LogP contribution is 2.37. The molecule has 2 heterocycles. The fraction of sp³-hybridized carbons (Fsp3) is 0.389. The van der Waals surface area contributed by atoms with E-state index >= 15 is 0 Å². The maximum absolute atomic E-state index is 5.89. The molecule has 0 amide bonds. The minimum atomic E-state index is 0.584. The van der Waals surface area contributed by atoms with Crippen LogP contribution in [0.3, 0.4) is 0 Å². The Kier molecular flexibility index (Phi) is 3.47. The molecule has 20 heavy (non-hydrogen) atoms. The SMILES string of the molecule is CCC(C)C(C)c1ccc2c(c1)Cc1cccnc1O2. The molecule has 2 nitrogen and oxygen atoms in total. The Labute approximate surface area is 120 Å². The minimum absolute atomic E-state index is 0.584. The smallest absolute Gasteiger partial charge is 0.222 e. The summed E-state index contributed by atoms with van der Waals surface area (Å²) in [7, 11) is 0. The van der Waals surface area contributed by atoms with Crippen molar-refractivity contribution in [3.8, 4) is 11.6 Å². The number of ether oxygens (including phenoxy) is 1. The van der Waals surface area contributed by atoms with Crippen LogP contribution in [0.25, 0.3) is 0 Å². The summed E-state index contributed by atoms with van der Waals surface area (Å²) in [6.07, 6.45) is 3.91. The number of fused-ring (bicyclic) bond motifs is 2. The molecule has 2 atom stereocenters. The first-order chi connectivity index (χ1) is 9.69. The molecule has 0 saturated heterocycles. The molecule has 2 heteroatoms. The van der Waals surface area contributed by atoms with E-state index < -0.39 is 0 Å². The molecule has 0 N–H and O–H groups in total. The van der Waals surface area contributed by atoms with Gasteiger partial charge in [-0.05, 0) is 35.1 Å². The summed E-state index contributed by atoms with van der Waals surface area (Å²) in [5, 5.41) is 0. The van der Waals surface area contributed by atoms with Crippen LogP contribution >= 0.6 is 0 Å². The van der Waals surface area contributed by atoms with E-state index in [0.29, 0.717) is 11.8 Å². The zero-order valence-corrected chi connectivity index (χ0v) is 12.4. The Balaban J connectivity index is 1.92. The summed E-state index contributed by atoms with van der Waals surface area (Å²) >= 11 is 0. The van der Waals surface area contributed by atoms with E-state index in [1.807, 2.05) is 6.07 Å². The fourth-order valence-corrected chi connectivity index (χ4v) is 2.76. The summed E-state index contributed by atoms with van der Waals surface area (Å²) < 4.78 is 5.89. The van der Waals surface area contributed by atoms with Gasteiger partial charge in [-0.25, -0.2) is 4.98 Å². The molecule has 3 rings (SSSR count). The van der Waals surface area contributed by atoms with Crippen LogP contribution in [0.4, 0.5) is 0 Å². The van der Waals surface area contributed by atoms with Gasteiger partial charge < -0.3 is 4.74 Å². The van der Waals surface area contributed by atoms with Crippen LogP contribution in [-0.2, 0) is 6.42 Å². The molecule has 0 bridgehead atoms. The highest BCUT2D eigenvalue weighted by molar-refractivity contribution is 5.48. The number of aromatic nitrogens is 1. The summed E-state index contributed by atoms with van der Waals surface area (Å²) in [5.74, 6) is 2.99. The van der Waals surface area contributed by atoms with Crippen LogP contribution in [0.2, 0.25) is 0 Å². The van der Waals surface area contributed by atoms with Crippen LogP contribution < -0.4 is 4.74 Å². The van der Waals surface area contributed by atoms with E-state index in [4.69, 9.17) is 4.74 Å².